The molecule has 0 aliphatic heterocycles. The van der Waals surface area contributed by atoms with Gasteiger partial charge in [0.25, 0.3) is 0 Å². The lowest BCUT2D eigenvalue weighted by Crippen LogP contribution is -2.27. The van der Waals surface area contributed by atoms with E-state index in [2.05, 4.69) is 36.5 Å². The van der Waals surface area contributed by atoms with E-state index in [1.807, 2.05) is 0 Å². The molecule has 0 heterocycles. The minimum Gasteiger partial charge on any atom is -0.393 e. The largest absolute Gasteiger partial charge is 0.393 e. The van der Waals surface area contributed by atoms with Crippen molar-refractivity contribution in [2.24, 2.45) is 5.92 Å². The molecule has 0 aromatic heterocycles. The molecular weight excluding hydrogens is 234 g/mol. The standard InChI is InChI=1S/C17H27NO/c1-2-3-14-4-6-15(7-5-14)12-18-13-16-8-10-17(19)11-9-16/h4-7,16-19H,2-3,8-13H2,1H3. The minimum absolute atomic E-state index is 0.0395. The Balaban J connectivity index is 1.67. The van der Waals surface area contributed by atoms with Crippen molar-refractivity contribution in [2.75, 3.05) is 6.54 Å². The molecule has 1 aliphatic rings. The van der Waals surface area contributed by atoms with Gasteiger partial charge in [-0.25, -0.2) is 0 Å². The molecule has 2 heteroatoms. The Morgan fingerprint density at radius 3 is 2.32 bits per heavy atom. The Morgan fingerprint density at radius 1 is 1.05 bits per heavy atom. The molecule has 0 bridgehead atoms. The van der Waals surface area contributed by atoms with Crippen LogP contribution in [0.15, 0.2) is 24.3 Å². The van der Waals surface area contributed by atoms with Gasteiger partial charge in [0.2, 0.25) is 0 Å². The van der Waals surface area contributed by atoms with Crippen molar-refractivity contribution in [3.8, 4) is 0 Å². The summed E-state index contributed by atoms with van der Waals surface area (Å²) in [4.78, 5) is 0. The van der Waals surface area contributed by atoms with Gasteiger partial charge in [-0.05, 0) is 55.7 Å². The van der Waals surface area contributed by atoms with Gasteiger partial charge in [0.1, 0.15) is 0 Å². The summed E-state index contributed by atoms with van der Waals surface area (Å²) in [7, 11) is 0. The molecule has 1 aromatic carbocycles. The van der Waals surface area contributed by atoms with E-state index in [1.54, 1.807) is 0 Å². The van der Waals surface area contributed by atoms with E-state index in [0.717, 1.165) is 31.8 Å². The zero-order chi connectivity index (χ0) is 13.5. The highest BCUT2D eigenvalue weighted by molar-refractivity contribution is 5.22. The SMILES string of the molecule is CCCc1ccc(CNCC2CCC(O)CC2)cc1. The Hall–Kier alpha value is -0.860. The maximum Gasteiger partial charge on any atom is 0.0540 e. The lowest BCUT2D eigenvalue weighted by molar-refractivity contribution is 0.108. The van der Waals surface area contributed by atoms with Crippen molar-refractivity contribution in [3.05, 3.63) is 35.4 Å². The third-order valence-electron chi connectivity index (χ3n) is 4.14. The Labute approximate surface area is 117 Å². The van der Waals surface area contributed by atoms with Crippen molar-refractivity contribution < 1.29 is 5.11 Å². The maximum absolute atomic E-state index is 9.48. The summed E-state index contributed by atoms with van der Waals surface area (Å²) in [6.07, 6.45) is 6.66. The van der Waals surface area contributed by atoms with Crippen LogP contribution >= 0.6 is 0 Å². The summed E-state index contributed by atoms with van der Waals surface area (Å²) >= 11 is 0. The van der Waals surface area contributed by atoms with E-state index in [1.165, 1.54) is 36.8 Å². The Bertz CT molecular complexity index is 352. The number of nitrogens with one attached hydrogen (secondary N) is 1. The van der Waals surface area contributed by atoms with Crippen LogP contribution in [0.4, 0.5) is 0 Å². The Morgan fingerprint density at radius 2 is 1.68 bits per heavy atom. The molecule has 0 amide bonds. The molecule has 0 atom stereocenters. The minimum atomic E-state index is -0.0395. The van der Waals surface area contributed by atoms with E-state index < -0.39 is 0 Å². The molecule has 0 spiro atoms. The molecule has 1 saturated carbocycles. The smallest absolute Gasteiger partial charge is 0.0540 e. The topological polar surface area (TPSA) is 32.3 Å². The summed E-state index contributed by atoms with van der Waals surface area (Å²) in [6.45, 7) is 4.27. The quantitative estimate of drug-likeness (QED) is 0.823. The second kappa shape index (κ2) is 7.66. The third kappa shape index (κ3) is 4.96. The lowest BCUT2D eigenvalue weighted by Gasteiger charge is -2.25. The number of aliphatic hydroxyl groups excluding tert-OH is 1. The summed E-state index contributed by atoms with van der Waals surface area (Å²) < 4.78 is 0. The third-order valence-corrected chi connectivity index (χ3v) is 4.14. The van der Waals surface area contributed by atoms with E-state index in [4.69, 9.17) is 0 Å². The van der Waals surface area contributed by atoms with E-state index in [-0.39, 0.29) is 6.10 Å². The molecule has 1 fully saturated rings. The van der Waals surface area contributed by atoms with Crippen LogP contribution in [0.5, 0.6) is 0 Å². The summed E-state index contributed by atoms with van der Waals surface area (Å²) in [5.74, 6) is 0.753. The average molecular weight is 261 g/mol. The number of aryl methyl sites for hydroxylation is 1. The van der Waals surface area contributed by atoms with Gasteiger partial charge in [0.15, 0.2) is 0 Å². The monoisotopic (exact) mass is 261 g/mol. The highest BCUT2D eigenvalue weighted by Gasteiger charge is 2.18. The molecule has 2 rings (SSSR count). The number of hydrogen-bond donors (Lipinski definition) is 2. The molecule has 2 nitrogen and oxygen atoms in total. The van der Waals surface area contributed by atoms with Gasteiger partial charge in [0, 0.05) is 6.54 Å². The van der Waals surface area contributed by atoms with Crippen LogP contribution in [0.25, 0.3) is 0 Å². The van der Waals surface area contributed by atoms with Gasteiger partial charge in [-0.15, -0.1) is 0 Å². The number of aliphatic hydroxyl groups is 1. The first kappa shape index (κ1) is 14.5. The van der Waals surface area contributed by atoms with Crippen LogP contribution < -0.4 is 5.32 Å². The molecule has 0 unspecified atom stereocenters. The number of benzene rings is 1. The van der Waals surface area contributed by atoms with Gasteiger partial charge < -0.3 is 10.4 Å². The molecule has 0 radical (unpaired) electrons. The normalized spacial score (nSPS) is 23.5. The molecule has 2 N–H and O–H groups in total. The van der Waals surface area contributed by atoms with Gasteiger partial charge in [-0.2, -0.15) is 0 Å². The van der Waals surface area contributed by atoms with E-state index in [9.17, 15) is 5.11 Å². The van der Waals surface area contributed by atoms with Crippen LogP contribution in [0.1, 0.15) is 50.2 Å². The van der Waals surface area contributed by atoms with Crippen LogP contribution in [0.3, 0.4) is 0 Å². The zero-order valence-electron chi connectivity index (χ0n) is 12.1. The highest BCUT2D eigenvalue weighted by atomic mass is 16.3. The summed E-state index contributed by atoms with van der Waals surface area (Å²) in [5, 5.41) is 13.0. The molecule has 106 valence electrons. The average Bonchev–Trinajstić information content (AvgIpc) is 2.43. The van der Waals surface area contributed by atoms with Crippen molar-refractivity contribution in [3.63, 3.8) is 0 Å². The van der Waals surface area contributed by atoms with Gasteiger partial charge in [-0.3, -0.25) is 0 Å². The molecule has 0 saturated heterocycles. The van der Waals surface area contributed by atoms with Gasteiger partial charge >= 0.3 is 0 Å². The van der Waals surface area contributed by atoms with Crippen molar-refractivity contribution in [1.29, 1.82) is 0 Å². The van der Waals surface area contributed by atoms with Crippen molar-refractivity contribution >= 4 is 0 Å². The summed E-state index contributed by atoms with van der Waals surface area (Å²) in [6, 6.07) is 8.97. The van der Waals surface area contributed by atoms with E-state index >= 15 is 0 Å². The Kier molecular flexibility index (Phi) is 5.87. The van der Waals surface area contributed by atoms with Crippen molar-refractivity contribution in [1.82, 2.24) is 5.32 Å². The fourth-order valence-corrected chi connectivity index (χ4v) is 2.88. The van der Waals surface area contributed by atoms with Gasteiger partial charge in [0.05, 0.1) is 6.10 Å². The predicted molar refractivity (Wildman–Crippen MR) is 80.1 cm³/mol. The number of rotatable bonds is 6. The first-order valence-electron chi connectivity index (χ1n) is 7.74. The molecule has 1 aromatic rings. The van der Waals surface area contributed by atoms with Crippen LogP contribution in [-0.2, 0) is 13.0 Å². The van der Waals surface area contributed by atoms with E-state index in [0.29, 0.717) is 0 Å². The predicted octanol–water partition coefficient (Wildman–Crippen LogP) is 3.28. The van der Waals surface area contributed by atoms with Crippen LogP contribution in [0.2, 0.25) is 0 Å². The number of hydrogen-bond acceptors (Lipinski definition) is 2. The molecular formula is C17H27NO. The first-order valence-corrected chi connectivity index (χ1v) is 7.74. The second-order valence-electron chi connectivity index (χ2n) is 5.87. The molecule has 19 heavy (non-hydrogen) atoms. The summed E-state index contributed by atoms with van der Waals surface area (Å²) in [5.41, 5.74) is 2.81. The fraction of sp³-hybridized carbons (Fsp3) is 0.647. The van der Waals surface area contributed by atoms with Gasteiger partial charge in [-0.1, -0.05) is 37.6 Å². The van der Waals surface area contributed by atoms with Crippen LogP contribution in [-0.4, -0.2) is 17.8 Å². The highest BCUT2D eigenvalue weighted by Crippen LogP contribution is 2.23. The van der Waals surface area contributed by atoms with Crippen molar-refractivity contribution in [2.45, 2.75) is 58.1 Å². The zero-order valence-corrected chi connectivity index (χ0v) is 12.1. The first-order chi connectivity index (χ1) is 9.28. The van der Waals surface area contributed by atoms with Crippen LogP contribution in [0, 0.1) is 5.92 Å². The maximum atomic E-state index is 9.48. The fourth-order valence-electron chi connectivity index (χ4n) is 2.88. The second-order valence-corrected chi connectivity index (χ2v) is 5.87. The lowest BCUT2D eigenvalue weighted by atomic mass is 9.87. The molecule has 1 aliphatic carbocycles.